The molecule has 2 aromatic carbocycles. The molecule has 0 atom stereocenters. The van der Waals surface area contributed by atoms with E-state index in [9.17, 15) is 0 Å². The van der Waals surface area contributed by atoms with Gasteiger partial charge in [-0.15, -0.1) is 0 Å². The molecular weight excluding hydrogens is 408 g/mol. The van der Waals surface area contributed by atoms with Gasteiger partial charge in [0.05, 0.1) is 5.52 Å². The molecule has 6 heteroatoms. The number of anilines is 2. The van der Waals surface area contributed by atoms with Crippen molar-refractivity contribution < 1.29 is 0 Å². The molecule has 5 rings (SSSR count). The summed E-state index contributed by atoms with van der Waals surface area (Å²) in [6.07, 6.45) is 6.13. The fraction of sp³-hybridized carbons (Fsp3) is 0.407. The summed E-state index contributed by atoms with van der Waals surface area (Å²) in [5.41, 5.74) is 3.47. The van der Waals surface area contributed by atoms with E-state index in [1.54, 1.807) is 0 Å². The summed E-state index contributed by atoms with van der Waals surface area (Å²) in [4.78, 5) is 15.1. The van der Waals surface area contributed by atoms with E-state index in [1.807, 2.05) is 26.2 Å². The highest BCUT2D eigenvalue weighted by molar-refractivity contribution is 5.90. The standard InChI is InChI=1S/C27H34N6/c1-33(2)26-23-8-4-6-10-25(23)31-27(32-26)30-21-13-11-19(12-14-21)15-16-28-18-22-17-20-7-3-5-9-24(20)29-22/h3-10,17,19,21,28-29H,11-16,18H2,1-2H3,(H,30,31,32). The number of hydrogen-bond donors (Lipinski definition) is 3. The Kier molecular flexibility index (Phi) is 6.44. The number of benzene rings is 2. The van der Waals surface area contributed by atoms with E-state index < -0.39 is 0 Å². The molecular formula is C27H34N6. The predicted octanol–water partition coefficient (Wildman–Crippen LogP) is 5.33. The van der Waals surface area contributed by atoms with E-state index in [1.165, 1.54) is 48.7 Å². The fourth-order valence-corrected chi connectivity index (χ4v) is 5.00. The van der Waals surface area contributed by atoms with Crippen LogP contribution in [0.15, 0.2) is 54.6 Å². The highest BCUT2D eigenvalue weighted by Gasteiger charge is 2.22. The smallest absolute Gasteiger partial charge is 0.225 e. The number of nitrogens with one attached hydrogen (secondary N) is 3. The molecule has 1 aliphatic rings. The van der Waals surface area contributed by atoms with Crippen LogP contribution in [0.2, 0.25) is 0 Å². The van der Waals surface area contributed by atoms with Gasteiger partial charge < -0.3 is 20.5 Å². The van der Waals surface area contributed by atoms with Crippen LogP contribution in [0.4, 0.5) is 11.8 Å². The second-order valence-electron chi connectivity index (χ2n) is 9.49. The molecule has 4 aromatic rings. The number of nitrogens with zero attached hydrogens (tertiary/aromatic N) is 3. The van der Waals surface area contributed by atoms with Gasteiger partial charge in [-0.2, -0.15) is 4.98 Å². The van der Waals surface area contributed by atoms with Crippen molar-refractivity contribution in [3.8, 4) is 0 Å². The number of para-hydroxylation sites is 2. The third kappa shape index (κ3) is 5.11. The first-order valence-electron chi connectivity index (χ1n) is 12.1. The second-order valence-corrected chi connectivity index (χ2v) is 9.49. The van der Waals surface area contributed by atoms with Gasteiger partial charge in [0.2, 0.25) is 5.95 Å². The second kappa shape index (κ2) is 9.79. The first-order valence-corrected chi connectivity index (χ1v) is 12.1. The summed E-state index contributed by atoms with van der Waals surface area (Å²) in [6, 6.07) is 19.4. The predicted molar refractivity (Wildman–Crippen MR) is 138 cm³/mol. The zero-order valence-electron chi connectivity index (χ0n) is 19.6. The van der Waals surface area contributed by atoms with Crippen LogP contribution in [0.5, 0.6) is 0 Å². The van der Waals surface area contributed by atoms with E-state index in [0.717, 1.165) is 41.7 Å². The molecule has 2 aromatic heterocycles. The van der Waals surface area contributed by atoms with E-state index in [0.29, 0.717) is 6.04 Å². The average Bonchev–Trinajstić information content (AvgIpc) is 3.25. The Balaban J connectivity index is 1.09. The molecule has 0 spiro atoms. The van der Waals surface area contributed by atoms with Crippen molar-refractivity contribution in [3.63, 3.8) is 0 Å². The first kappa shape index (κ1) is 21.7. The first-order chi connectivity index (χ1) is 16.2. The molecule has 172 valence electrons. The maximum Gasteiger partial charge on any atom is 0.225 e. The van der Waals surface area contributed by atoms with Gasteiger partial charge in [0, 0.05) is 43.3 Å². The van der Waals surface area contributed by atoms with Gasteiger partial charge in [-0.1, -0.05) is 30.3 Å². The van der Waals surface area contributed by atoms with Gasteiger partial charge in [0.25, 0.3) is 0 Å². The Morgan fingerprint density at radius 2 is 1.76 bits per heavy atom. The summed E-state index contributed by atoms with van der Waals surface area (Å²) in [7, 11) is 4.08. The van der Waals surface area contributed by atoms with Gasteiger partial charge >= 0.3 is 0 Å². The summed E-state index contributed by atoms with van der Waals surface area (Å²) in [5.74, 6) is 2.52. The minimum Gasteiger partial charge on any atom is -0.362 e. The summed E-state index contributed by atoms with van der Waals surface area (Å²) in [5, 5.41) is 9.62. The van der Waals surface area contributed by atoms with Crippen LogP contribution in [0, 0.1) is 5.92 Å². The Hall–Kier alpha value is -3.12. The van der Waals surface area contributed by atoms with E-state index in [2.05, 4.69) is 63.0 Å². The number of H-pyrrole nitrogens is 1. The van der Waals surface area contributed by atoms with Gasteiger partial charge in [0.15, 0.2) is 0 Å². The Morgan fingerprint density at radius 3 is 2.58 bits per heavy atom. The van der Waals surface area contributed by atoms with Crippen molar-refractivity contribution in [2.45, 2.75) is 44.7 Å². The molecule has 0 aliphatic heterocycles. The minimum atomic E-state index is 0.455. The van der Waals surface area contributed by atoms with Crippen LogP contribution in [0.25, 0.3) is 21.8 Å². The lowest BCUT2D eigenvalue weighted by Crippen LogP contribution is -2.28. The van der Waals surface area contributed by atoms with Crippen LogP contribution < -0.4 is 15.5 Å². The van der Waals surface area contributed by atoms with Crippen LogP contribution in [0.3, 0.4) is 0 Å². The van der Waals surface area contributed by atoms with Gasteiger partial charge in [0.1, 0.15) is 5.82 Å². The molecule has 0 saturated heterocycles. The van der Waals surface area contributed by atoms with Crippen molar-refractivity contribution in [2.75, 3.05) is 30.9 Å². The van der Waals surface area contributed by atoms with Crippen molar-refractivity contribution in [2.24, 2.45) is 5.92 Å². The van der Waals surface area contributed by atoms with E-state index in [4.69, 9.17) is 9.97 Å². The number of aromatic amines is 1. The molecule has 1 saturated carbocycles. The van der Waals surface area contributed by atoms with Gasteiger partial charge in [-0.3, -0.25) is 0 Å². The van der Waals surface area contributed by atoms with Crippen molar-refractivity contribution in [1.82, 2.24) is 20.3 Å². The highest BCUT2D eigenvalue weighted by Crippen LogP contribution is 2.29. The van der Waals surface area contributed by atoms with Gasteiger partial charge in [-0.05, 0) is 74.2 Å². The lowest BCUT2D eigenvalue weighted by molar-refractivity contribution is 0.316. The van der Waals surface area contributed by atoms with Crippen molar-refractivity contribution in [3.05, 3.63) is 60.3 Å². The molecule has 33 heavy (non-hydrogen) atoms. The average molecular weight is 443 g/mol. The van der Waals surface area contributed by atoms with E-state index >= 15 is 0 Å². The van der Waals surface area contributed by atoms with Crippen LogP contribution in [-0.4, -0.2) is 41.6 Å². The Labute approximate surface area is 195 Å². The summed E-state index contributed by atoms with van der Waals surface area (Å²) in [6.45, 7) is 1.97. The van der Waals surface area contributed by atoms with Crippen LogP contribution in [-0.2, 0) is 6.54 Å². The summed E-state index contributed by atoms with van der Waals surface area (Å²) >= 11 is 0. The Bertz CT molecular complexity index is 1170. The monoisotopic (exact) mass is 442 g/mol. The quantitative estimate of drug-likeness (QED) is 0.322. The maximum atomic E-state index is 4.81. The topological polar surface area (TPSA) is 68.9 Å². The lowest BCUT2D eigenvalue weighted by Gasteiger charge is -2.29. The van der Waals surface area contributed by atoms with Gasteiger partial charge in [-0.25, -0.2) is 4.98 Å². The minimum absolute atomic E-state index is 0.455. The van der Waals surface area contributed by atoms with Crippen LogP contribution in [0.1, 0.15) is 37.8 Å². The third-order valence-electron chi connectivity index (χ3n) is 6.82. The molecule has 0 unspecified atom stereocenters. The lowest BCUT2D eigenvalue weighted by atomic mass is 9.84. The SMILES string of the molecule is CN(C)c1nc(NC2CCC(CCNCc3cc4ccccc4[nH]3)CC2)nc2ccccc12. The van der Waals surface area contributed by atoms with E-state index in [-0.39, 0.29) is 0 Å². The Morgan fingerprint density at radius 1 is 0.970 bits per heavy atom. The molecule has 6 nitrogen and oxygen atoms in total. The number of rotatable bonds is 8. The molecule has 2 heterocycles. The molecule has 3 N–H and O–H groups in total. The molecule has 0 amide bonds. The number of aromatic nitrogens is 3. The number of hydrogen-bond acceptors (Lipinski definition) is 5. The summed E-state index contributed by atoms with van der Waals surface area (Å²) < 4.78 is 0. The fourth-order valence-electron chi connectivity index (χ4n) is 5.00. The molecule has 0 radical (unpaired) electrons. The largest absolute Gasteiger partial charge is 0.362 e. The molecule has 0 bridgehead atoms. The molecule has 1 aliphatic carbocycles. The third-order valence-corrected chi connectivity index (χ3v) is 6.82. The van der Waals surface area contributed by atoms with Crippen LogP contribution >= 0.6 is 0 Å². The number of fused-ring (bicyclic) bond motifs is 2. The zero-order chi connectivity index (χ0) is 22.6. The van der Waals surface area contributed by atoms with Crippen molar-refractivity contribution >= 4 is 33.6 Å². The highest BCUT2D eigenvalue weighted by atomic mass is 15.2. The normalized spacial score (nSPS) is 18.6. The zero-order valence-corrected chi connectivity index (χ0v) is 19.6. The molecule has 1 fully saturated rings. The maximum absolute atomic E-state index is 4.81. The van der Waals surface area contributed by atoms with Crippen molar-refractivity contribution in [1.29, 1.82) is 0 Å².